The van der Waals surface area contributed by atoms with Gasteiger partial charge >= 0.3 is 0 Å². The number of hydrogen-bond acceptors (Lipinski definition) is 4. The van der Waals surface area contributed by atoms with Crippen LogP contribution < -0.4 is 10.1 Å². The first-order valence-corrected chi connectivity index (χ1v) is 6.97. The molecule has 2 aromatic carbocycles. The van der Waals surface area contributed by atoms with Crippen molar-refractivity contribution < 1.29 is 4.74 Å². The van der Waals surface area contributed by atoms with Gasteiger partial charge in [-0.25, -0.2) is 0 Å². The highest BCUT2D eigenvalue weighted by molar-refractivity contribution is 6.00. The highest BCUT2D eigenvalue weighted by atomic mass is 16.5. The van der Waals surface area contributed by atoms with Crippen molar-refractivity contribution in [2.45, 2.75) is 6.92 Å². The number of anilines is 1. The number of benzene rings is 2. The number of methoxy groups -OCH3 is 1. The normalized spacial score (nSPS) is 10.6. The number of aromatic nitrogens is 2. The molecule has 1 aromatic heterocycles. The van der Waals surface area contributed by atoms with E-state index in [1.165, 1.54) is 0 Å². The Morgan fingerprint density at radius 1 is 0.952 bits per heavy atom. The third-order valence-corrected chi connectivity index (χ3v) is 3.39. The van der Waals surface area contributed by atoms with Gasteiger partial charge in [0.15, 0.2) is 5.82 Å². The van der Waals surface area contributed by atoms with Crippen molar-refractivity contribution in [2.24, 2.45) is 0 Å². The molecular weight excluding hydrogens is 262 g/mol. The number of nitrogens with one attached hydrogen (secondary N) is 1. The van der Waals surface area contributed by atoms with Crippen molar-refractivity contribution in [1.29, 1.82) is 0 Å². The van der Waals surface area contributed by atoms with Crippen molar-refractivity contribution in [3.05, 3.63) is 48.5 Å². The zero-order valence-electron chi connectivity index (χ0n) is 12.1. The fourth-order valence-electron chi connectivity index (χ4n) is 2.44. The molecule has 0 radical (unpaired) electrons. The maximum absolute atomic E-state index is 5.44. The molecule has 0 saturated heterocycles. The smallest absolute Gasteiger partial charge is 0.156 e. The van der Waals surface area contributed by atoms with E-state index in [0.717, 1.165) is 40.1 Å². The fraction of sp³-hybridized carbons (Fsp3) is 0.176. The first-order valence-electron chi connectivity index (χ1n) is 6.97. The van der Waals surface area contributed by atoms with Crippen molar-refractivity contribution in [2.75, 3.05) is 19.0 Å². The molecule has 4 heteroatoms. The molecule has 0 aliphatic heterocycles. The van der Waals surface area contributed by atoms with Crippen LogP contribution in [0.3, 0.4) is 0 Å². The summed E-state index contributed by atoms with van der Waals surface area (Å²) in [5.41, 5.74) is 1.79. The van der Waals surface area contributed by atoms with E-state index >= 15 is 0 Å². The minimum absolute atomic E-state index is 0.799. The third kappa shape index (κ3) is 2.40. The Morgan fingerprint density at radius 3 is 2.43 bits per heavy atom. The van der Waals surface area contributed by atoms with Crippen LogP contribution >= 0.6 is 0 Å². The first-order chi connectivity index (χ1) is 10.3. The molecule has 0 unspecified atom stereocenters. The van der Waals surface area contributed by atoms with Gasteiger partial charge < -0.3 is 10.1 Å². The molecule has 0 atom stereocenters. The average molecular weight is 279 g/mol. The lowest BCUT2D eigenvalue weighted by molar-refractivity contribution is 0.416. The van der Waals surface area contributed by atoms with E-state index in [4.69, 9.17) is 4.74 Å². The Hall–Kier alpha value is -2.62. The van der Waals surface area contributed by atoms with E-state index in [1.54, 1.807) is 7.11 Å². The van der Waals surface area contributed by atoms with E-state index in [1.807, 2.05) is 43.3 Å². The SMILES string of the molecule is CCNc1nnc(-c2ccccc2OC)c2ccccc12. The first kappa shape index (κ1) is 13.4. The number of nitrogens with zero attached hydrogens (tertiary/aromatic N) is 2. The number of ether oxygens (including phenoxy) is 1. The van der Waals surface area contributed by atoms with E-state index in [0.29, 0.717) is 0 Å². The summed E-state index contributed by atoms with van der Waals surface area (Å²) in [4.78, 5) is 0. The summed E-state index contributed by atoms with van der Waals surface area (Å²) in [6.45, 7) is 2.86. The van der Waals surface area contributed by atoms with Gasteiger partial charge in [-0.3, -0.25) is 0 Å². The van der Waals surface area contributed by atoms with Gasteiger partial charge in [0.2, 0.25) is 0 Å². The lowest BCUT2D eigenvalue weighted by atomic mass is 10.0. The van der Waals surface area contributed by atoms with Crippen LogP contribution in [0, 0.1) is 0 Å². The molecule has 0 aliphatic carbocycles. The van der Waals surface area contributed by atoms with E-state index < -0.39 is 0 Å². The van der Waals surface area contributed by atoms with Gasteiger partial charge in [-0.15, -0.1) is 10.2 Å². The molecule has 3 rings (SSSR count). The minimum Gasteiger partial charge on any atom is -0.496 e. The summed E-state index contributed by atoms with van der Waals surface area (Å²) in [6.07, 6.45) is 0. The standard InChI is InChI=1S/C17H17N3O/c1-3-18-17-13-9-5-4-8-12(13)16(19-20-17)14-10-6-7-11-15(14)21-2/h4-11H,3H2,1-2H3,(H,18,20). The Morgan fingerprint density at radius 2 is 1.67 bits per heavy atom. The predicted octanol–water partition coefficient (Wildman–Crippen LogP) is 3.74. The minimum atomic E-state index is 0.799. The molecule has 1 N–H and O–H groups in total. The summed E-state index contributed by atoms with van der Waals surface area (Å²) in [5.74, 6) is 1.61. The molecule has 0 saturated carbocycles. The quantitative estimate of drug-likeness (QED) is 0.790. The summed E-state index contributed by atoms with van der Waals surface area (Å²) in [6, 6.07) is 16.0. The molecule has 0 fully saturated rings. The number of fused-ring (bicyclic) bond motifs is 1. The summed E-state index contributed by atoms with van der Waals surface area (Å²) in [5, 5.41) is 14.1. The largest absolute Gasteiger partial charge is 0.496 e. The van der Waals surface area contributed by atoms with Gasteiger partial charge in [-0.05, 0) is 19.1 Å². The van der Waals surface area contributed by atoms with Crippen LogP contribution in [-0.2, 0) is 0 Å². The van der Waals surface area contributed by atoms with Crippen LogP contribution in [-0.4, -0.2) is 23.9 Å². The van der Waals surface area contributed by atoms with Crippen LogP contribution in [0.5, 0.6) is 5.75 Å². The number of para-hydroxylation sites is 1. The molecule has 3 aromatic rings. The Balaban J connectivity index is 2.27. The lowest BCUT2D eigenvalue weighted by Gasteiger charge is -2.12. The second kappa shape index (κ2) is 5.79. The molecule has 106 valence electrons. The Kier molecular flexibility index (Phi) is 3.69. The predicted molar refractivity (Wildman–Crippen MR) is 85.7 cm³/mol. The molecule has 0 bridgehead atoms. The van der Waals surface area contributed by atoms with Gasteiger partial charge in [0.25, 0.3) is 0 Å². The van der Waals surface area contributed by atoms with Gasteiger partial charge in [-0.2, -0.15) is 0 Å². The van der Waals surface area contributed by atoms with E-state index in [9.17, 15) is 0 Å². The van der Waals surface area contributed by atoms with E-state index in [-0.39, 0.29) is 0 Å². The highest BCUT2D eigenvalue weighted by Gasteiger charge is 2.13. The Bertz CT molecular complexity index is 771. The summed E-state index contributed by atoms with van der Waals surface area (Å²) >= 11 is 0. The van der Waals surface area contributed by atoms with Crippen LogP contribution in [0.15, 0.2) is 48.5 Å². The van der Waals surface area contributed by atoms with Gasteiger partial charge in [0.1, 0.15) is 11.4 Å². The van der Waals surface area contributed by atoms with Crippen molar-refractivity contribution in [1.82, 2.24) is 10.2 Å². The van der Waals surface area contributed by atoms with Crippen LogP contribution in [0.25, 0.3) is 22.0 Å². The highest BCUT2D eigenvalue weighted by Crippen LogP contribution is 2.34. The van der Waals surface area contributed by atoms with Gasteiger partial charge in [0, 0.05) is 22.9 Å². The van der Waals surface area contributed by atoms with Gasteiger partial charge in [-0.1, -0.05) is 36.4 Å². The van der Waals surface area contributed by atoms with Crippen LogP contribution in [0.1, 0.15) is 6.92 Å². The molecule has 0 spiro atoms. The van der Waals surface area contributed by atoms with E-state index in [2.05, 4.69) is 27.6 Å². The maximum atomic E-state index is 5.44. The van der Waals surface area contributed by atoms with Crippen molar-refractivity contribution >= 4 is 16.6 Å². The number of hydrogen-bond donors (Lipinski definition) is 1. The monoisotopic (exact) mass is 279 g/mol. The van der Waals surface area contributed by atoms with Crippen LogP contribution in [0.4, 0.5) is 5.82 Å². The Labute approximate surface area is 123 Å². The molecule has 21 heavy (non-hydrogen) atoms. The van der Waals surface area contributed by atoms with Crippen LogP contribution in [0.2, 0.25) is 0 Å². The second-order valence-corrected chi connectivity index (χ2v) is 4.67. The van der Waals surface area contributed by atoms with Crippen molar-refractivity contribution in [3.63, 3.8) is 0 Å². The molecule has 0 amide bonds. The zero-order chi connectivity index (χ0) is 14.7. The third-order valence-electron chi connectivity index (χ3n) is 3.39. The average Bonchev–Trinajstić information content (AvgIpc) is 2.55. The maximum Gasteiger partial charge on any atom is 0.156 e. The molecule has 4 nitrogen and oxygen atoms in total. The molecule has 0 aliphatic rings. The summed E-state index contributed by atoms with van der Waals surface area (Å²) < 4.78 is 5.44. The second-order valence-electron chi connectivity index (χ2n) is 4.67. The zero-order valence-corrected chi connectivity index (χ0v) is 12.1. The number of rotatable bonds is 4. The molecule has 1 heterocycles. The fourth-order valence-corrected chi connectivity index (χ4v) is 2.44. The summed E-state index contributed by atoms with van der Waals surface area (Å²) in [7, 11) is 1.67. The topological polar surface area (TPSA) is 47.0 Å². The van der Waals surface area contributed by atoms with Crippen molar-refractivity contribution in [3.8, 4) is 17.0 Å². The van der Waals surface area contributed by atoms with Gasteiger partial charge in [0.05, 0.1) is 7.11 Å². The lowest BCUT2D eigenvalue weighted by Crippen LogP contribution is -2.03. The molecular formula is C17H17N3O.